The topological polar surface area (TPSA) is 92.9 Å². The van der Waals surface area contributed by atoms with Crippen molar-refractivity contribution in [3.05, 3.63) is 41.7 Å². The van der Waals surface area contributed by atoms with Gasteiger partial charge in [0, 0.05) is 31.4 Å². The standard InChI is InChI=1S/C14H15N5O2/c1-19-10-17-13(18-19)9-16-14(21)12-6-11(7-15-8-12)4-2-3-5-20/h6-8,10,20H,3,5,9H2,1H3,(H,16,21). The fraction of sp³-hybridized carbons (Fsp3) is 0.286. The molecule has 1 amide bonds. The van der Waals surface area contributed by atoms with Gasteiger partial charge in [0.15, 0.2) is 5.82 Å². The summed E-state index contributed by atoms with van der Waals surface area (Å²) in [5, 5.41) is 15.5. The highest BCUT2D eigenvalue weighted by molar-refractivity contribution is 5.94. The van der Waals surface area contributed by atoms with E-state index >= 15 is 0 Å². The number of nitrogens with one attached hydrogen (secondary N) is 1. The average Bonchev–Trinajstić information content (AvgIpc) is 2.91. The Kier molecular flexibility index (Phi) is 5.01. The smallest absolute Gasteiger partial charge is 0.253 e. The van der Waals surface area contributed by atoms with Gasteiger partial charge in [-0.3, -0.25) is 14.5 Å². The van der Waals surface area contributed by atoms with Gasteiger partial charge >= 0.3 is 0 Å². The van der Waals surface area contributed by atoms with Crippen LogP contribution in [0.25, 0.3) is 0 Å². The number of hydrogen-bond acceptors (Lipinski definition) is 5. The van der Waals surface area contributed by atoms with Crippen molar-refractivity contribution in [3.8, 4) is 11.8 Å². The van der Waals surface area contributed by atoms with Crippen molar-refractivity contribution in [2.24, 2.45) is 7.05 Å². The number of amides is 1. The number of rotatable bonds is 4. The summed E-state index contributed by atoms with van der Waals surface area (Å²) in [7, 11) is 1.76. The van der Waals surface area contributed by atoms with E-state index in [-0.39, 0.29) is 19.1 Å². The Labute approximate surface area is 122 Å². The number of carbonyl (C=O) groups is 1. The summed E-state index contributed by atoms with van der Waals surface area (Å²) in [5.41, 5.74) is 1.05. The van der Waals surface area contributed by atoms with E-state index in [1.807, 2.05) is 0 Å². The van der Waals surface area contributed by atoms with Gasteiger partial charge < -0.3 is 10.4 Å². The summed E-state index contributed by atoms with van der Waals surface area (Å²) < 4.78 is 1.57. The lowest BCUT2D eigenvalue weighted by Gasteiger charge is -2.02. The number of aliphatic hydroxyl groups is 1. The molecule has 0 aliphatic carbocycles. The van der Waals surface area contributed by atoms with Gasteiger partial charge in [0.25, 0.3) is 5.91 Å². The SMILES string of the molecule is Cn1cnc(CNC(=O)c2cncc(C#CCCO)c2)n1. The molecule has 0 fully saturated rings. The molecule has 2 heterocycles. The second kappa shape index (κ2) is 7.17. The second-order valence-corrected chi connectivity index (χ2v) is 4.25. The number of aromatic nitrogens is 4. The summed E-state index contributed by atoms with van der Waals surface area (Å²) in [4.78, 5) is 20.0. The summed E-state index contributed by atoms with van der Waals surface area (Å²) in [6.45, 7) is 0.262. The number of carbonyl (C=O) groups excluding carboxylic acids is 1. The molecule has 7 heteroatoms. The Morgan fingerprint density at radius 3 is 3.05 bits per heavy atom. The van der Waals surface area contributed by atoms with Gasteiger partial charge in [-0.25, -0.2) is 4.98 Å². The summed E-state index contributed by atoms with van der Waals surface area (Å²) in [6, 6.07) is 1.65. The van der Waals surface area contributed by atoms with E-state index in [4.69, 9.17) is 5.11 Å². The molecule has 0 bridgehead atoms. The van der Waals surface area contributed by atoms with Crippen LogP contribution in [0.2, 0.25) is 0 Å². The molecule has 0 saturated heterocycles. The van der Waals surface area contributed by atoms with E-state index in [2.05, 4.69) is 32.2 Å². The fourth-order valence-corrected chi connectivity index (χ4v) is 1.58. The van der Waals surface area contributed by atoms with Crippen LogP contribution in [0.4, 0.5) is 0 Å². The van der Waals surface area contributed by atoms with Crippen molar-refractivity contribution in [1.82, 2.24) is 25.1 Å². The Morgan fingerprint density at radius 1 is 1.48 bits per heavy atom. The van der Waals surface area contributed by atoms with E-state index in [9.17, 15) is 4.79 Å². The number of aliphatic hydroxyl groups excluding tert-OH is 1. The molecule has 0 aromatic carbocycles. The maximum Gasteiger partial charge on any atom is 0.253 e. The van der Waals surface area contributed by atoms with Crippen molar-refractivity contribution >= 4 is 5.91 Å². The fourth-order valence-electron chi connectivity index (χ4n) is 1.58. The summed E-state index contributed by atoms with van der Waals surface area (Å²) in [6.07, 6.45) is 5.00. The van der Waals surface area contributed by atoms with Gasteiger partial charge in [-0.05, 0) is 6.07 Å². The number of pyridine rings is 1. The Morgan fingerprint density at radius 2 is 2.33 bits per heavy atom. The van der Waals surface area contributed by atoms with Gasteiger partial charge in [0.1, 0.15) is 6.33 Å². The quantitative estimate of drug-likeness (QED) is 0.764. The van der Waals surface area contributed by atoms with E-state index < -0.39 is 0 Å². The van der Waals surface area contributed by atoms with Gasteiger partial charge in [0.05, 0.1) is 18.7 Å². The largest absolute Gasteiger partial charge is 0.395 e. The van der Waals surface area contributed by atoms with Crippen LogP contribution in [0.1, 0.15) is 28.2 Å². The molecular formula is C14H15N5O2. The molecule has 0 atom stereocenters. The molecule has 0 radical (unpaired) electrons. The normalized spacial score (nSPS) is 9.81. The molecule has 108 valence electrons. The molecule has 0 saturated carbocycles. The van der Waals surface area contributed by atoms with E-state index in [0.29, 0.717) is 23.4 Å². The molecule has 2 N–H and O–H groups in total. The first-order valence-corrected chi connectivity index (χ1v) is 6.36. The van der Waals surface area contributed by atoms with Crippen LogP contribution in [-0.2, 0) is 13.6 Å². The molecule has 0 unspecified atom stereocenters. The van der Waals surface area contributed by atoms with Gasteiger partial charge in [-0.15, -0.1) is 0 Å². The van der Waals surface area contributed by atoms with Gasteiger partial charge in [0.2, 0.25) is 0 Å². The van der Waals surface area contributed by atoms with Crippen LogP contribution >= 0.6 is 0 Å². The Hall–Kier alpha value is -2.72. The van der Waals surface area contributed by atoms with E-state index in [1.165, 1.54) is 6.20 Å². The molecule has 7 nitrogen and oxygen atoms in total. The van der Waals surface area contributed by atoms with Crippen molar-refractivity contribution in [2.75, 3.05) is 6.61 Å². The average molecular weight is 285 g/mol. The van der Waals surface area contributed by atoms with Crippen LogP contribution < -0.4 is 5.32 Å². The zero-order chi connectivity index (χ0) is 15.1. The molecule has 0 aliphatic rings. The molecule has 2 aromatic rings. The summed E-state index contributed by atoms with van der Waals surface area (Å²) >= 11 is 0. The zero-order valence-corrected chi connectivity index (χ0v) is 11.6. The Balaban J connectivity index is 1.99. The lowest BCUT2D eigenvalue weighted by Crippen LogP contribution is -2.23. The lowest BCUT2D eigenvalue weighted by atomic mass is 10.2. The molecule has 0 spiro atoms. The van der Waals surface area contributed by atoms with Crippen LogP contribution in [0.3, 0.4) is 0 Å². The number of nitrogens with zero attached hydrogens (tertiary/aromatic N) is 4. The van der Waals surface area contributed by atoms with Crippen LogP contribution in [-0.4, -0.2) is 37.4 Å². The minimum absolute atomic E-state index is 0.0116. The first-order chi connectivity index (χ1) is 10.2. The third kappa shape index (κ3) is 4.40. The molecule has 21 heavy (non-hydrogen) atoms. The molecule has 0 aliphatic heterocycles. The summed E-state index contributed by atoms with van der Waals surface area (Å²) in [5.74, 6) is 5.90. The van der Waals surface area contributed by atoms with Crippen molar-refractivity contribution in [1.29, 1.82) is 0 Å². The molecular weight excluding hydrogens is 270 g/mol. The predicted molar refractivity (Wildman–Crippen MR) is 75.0 cm³/mol. The van der Waals surface area contributed by atoms with E-state index in [1.54, 1.807) is 30.3 Å². The monoisotopic (exact) mass is 285 g/mol. The predicted octanol–water partition coefficient (Wildman–Crippen LogP) is -0.126. The molecule has 2 aromatic heterocycles. The first-order valence-electron chi connectivity index (χ1n) is 6.36. The van der Waals surface area contributed by atoms with Gasteiger partial charge in [-0.2, -0.15) is 5.10 Å². The minimum atomic E-state index is -0.263. The van der Waals surface area contributed by atoms with Gasteiger partial charge in [-0.1, -0.05) is 11.8 Å². The highest BCUT2D eigenvalue weighted by Gasteiger charge is 2.07. The lowest BCUT2D eigenvalue weighted by molar-refractivity contribution is 0.0949. The van der Waals surface area contributed by atoms with Crippen LogP contribution in [0.5, 0.6) is 0 Å². The molecule has 2 rings (SSSR count). The highest BCUT2D eigenvalue weighted by atomic mass is 16.2. The number of aryl methyl sites for hydroxylation is 1. The van der Waals surface area contributed by atoms with Crippen molar-refractivity contribution < 1.29 is 9.90 Å². The Bertz CT molecular complexity index is 684. The van der Waals surface area contributed by atoms with Crippen LogP contribution in [0.15, 0.2) is 24.8 Å². The second-order valence-electron chi connectivity index (χ2n) is 4.25. The number of hydrogen-bond donors (Lipinski definition) is 2. The zero-order valence-electron chi connectivity index (χ0n) is 11.6. The third-order valence-corrected chi connectivity index (χ3v) is 2.52. The van der Waals surface area contributed by atoms with E-state index in [0.717, 1.165) is 0 Å². The van der Waals surface area contributed by atoms with Crippen molar-refractivity contribution in [2.45, 2.75) is 13.0 Å². The first kappa shape index (κ1) is 14.7. The minimum Gasteiger partial charge on any atom is -0.395 e. The van der Waals surface area contributed by atoms with Crippen LogP contribution in [0, 0.1) is 11.8 Å². The highest BCUT2D eigenvalue weighted by Crippen LogP contribution is 2.02. The van der Waals surface area contributed by atoms with Crippen molar-refractivity contribution in [3.63, 3.8) is 0 Å². The maximum atomic E-state index is 12.0. The third-order valence-electron chi connectivity index (χ3n) is 2.52. The maximum absolute atomic E-state index is 12.0.